The molecule has 0 heterocycles. The molecule has 0 spiro atoms. The second-order valence-corrected chi connectivity index (χ2v) is 5.70. The van der Waals surface area contributed by atoms with Gasteiger partial charge < -0.3 is 15.3 Å². The number of likely N-dealkylation sites (N-methyl/N-ethyl adjacent to an activating group) is 1. The van der Waals surface area contributed by atoms with E-state index in [9.17, 15) is 5.11 Å². The third-order valence-corrected chi connectivity index (χ3v) is 3.90. The number of aliphatic hydroxyl groups excluding tert-OH is 1. The topological polar surface area (TPSA) is 35.5 Å². The van der Waals surface area contributed by atoms with Gasteiger partial charge in [-0.2, -0.15) is 0 Å². The van der Waals surface area contributed by atoms with E-state index in [1.54, 1.807) is 0 Å². The molecule has 4 atom stereocenters. The van der Waals surface area contributed by atoms with Gasteiger partial charge in [-0.3, -0.25) is 0 Å². The van der Waals surface area contributed by atoms with E-state index >= 15 is 0 Å². The van der Waals surface area contributed by atoms with Crippen LogP contribution in [-0.2, 0) is 0 Å². The highest BCUT2D eigenvalue weighted by Crippen LogP contribution is 2.29. The monoisotopic (exact) mass is 228 g/mol. The molecule has 1 fully saturated rings. The van der Waals surface area contributed by atoms with Gasteiger partial charge in [-0.05, 0) is 32.4 Å². The number of rotatable bonds is 5. The Morgan fingerprint density at radius 2 is 2.00 bits per heavy atom. The Hall–Kier alpha value is -0.120. The van der Waals surface area contributed by atoms with Crippen molar-refractivity contribution in [3.63, 3.8) is 0 Å². The normalized spacial score (nSPS) is 33.0. The summed E-state index contributed by atoms with van der Waals surface area (Å²) in [6.07, 6.45) is 3.70. The number of hydrogen-bond acceptors (Lipinski definition) is 3. The van der Waals surface area contributed by atoms with Crippen molar-refractivity contribution in [2.45, 2.75) is 45.3 Å². The number of nitrogens with one attached hydrogen (secondary N) is 1. The second-order valence-electron chi connectivity index (χ2n) is 5.70. The van der Waals surface area contributed by atoms with Gasteiger partial charge in [0.2, 0.25) is 0 Å². The highest BCUT2D eigenvalue weighted by atomic mass is 16.3. The van der Waals surface area contributed by atoms with E-state index in [0.717, 1.165) is 24.9 Å². The maximum atomic E-state index is 9.80. The van der Waals surface area contributed by atoms with Crippen LogP contribution in [0.3, 0.4) is 0 Å². The zero-order chi connectivity index (χ0) is 12.1. The molecule has 16 heavy (non-hydrogen) atoms. The van der Waals surface area contributed by atoms with Crippen molar-refractivity contribution in [2.24, 2.45) is 11.8 Å². The van der Waals surface area contributed by atoms with E-state index in [2.05, 4.69) is 19.2 Å². The minimum absolute atomic E-state index is 0.251. The Kier molecular flexibility index (Phi) is 5.73. The van der Waals surface area contributed by atoms with E-state index in [0.29, 0.717) is 6.04 Å². The van der Waals surface area contributed by atoms with Crippen molar-refractivity contribution in [3.8, 4) is 0 Å². The van der Waals surface area contributed by atoms with Gasteiger partial charge in [-0.25, -0.2) is 0 Å². The van der Waals surface area contributed by atoms with Crippen molar-refractivity contribution in [1.29, 1.82) is 0 Å². The van der Waals surface area contributed by atoms with Gasteiger partial charge in [-0.1, -0.05) is 26.7 Å². The van der Waals surface area contributed by atoms with Gasteiger partial charge in [0.15, 0.2) is 0 Å². The van der Waals surface area contributed by atoms with E-state index in [1.807, 2.05) is 19.0 Å². The van der Waals surface area contributed by atoms with Gasteiger partial charge in [0, 0.05) is 19.1 Å². The number of hydrogen-bond donors (Lipinski definition) is 2. The summed E-state index contributed by atoms with van der Waals surface area (Å²) >= 11 is 0. The Labute approximate surface area is 100 Å². The first-order chi connectivity index (χ1) is 7.50. The van der Waals surface area contributed by atoms with Crippen molar-refractivity contribution >= 4 is 0 Å². The Bertz CT molecular complexity index is 196. The van der Waals surface area contributed by atoms with Crippen molar-refractivity contribution in [1.82, 2.24) is 10.2 Å². The molecule has 0 aromatic carbocycles. The van der Waals surface area contributed by atoms with E-state index in [-0.39, 0.29) is 6.10 Å². The first kappa shape index (κ1) is 13.9. The zero-order valence-electron chi connectivity index (χ0n) is 11.2. The lowest BCUT2D eigenvalue weighted by molar-refractivity contribution is 0.118. The summed E-state index contributed by atoms with van der Waals surface area (Å²) in [4.78, 5) is 2.03. The molecule has 4 unspecified atom stereocenters. The largest absolute Gasteiger partial charge is 0.390 e. The van der Waals surface area contributed by atoms with Crippen LogP contribution in [0.4, 0.5) is 0 Å². The standard InChI is InChI=1S/C13H28N2O/c1-10-6-5-7-13(11(10)2)14-8-12(16)9-15(3)4/h10-14,16H,5-9H2,1-4H3. The molecule has 0 saturated heterocycles. The van der Waals surface area contributed by atoms with Gasteiger partial charge in [-0.15, -0.1) is 0 Å². The SMILES string of the molecule is CC1CCCC(NCC(O)CN(C)C)C1C. The molecule has 0 aromatic heterocycles. The summed E-state index contributed by atoms with van der Waals surface area (Å²) in [6.45, 7) is 6.14. The summed E-state index contributed by atoms with van der Waals surface area (Å²) in [5, 5.41) is 13.3. The molecule has 1 aliphatic carbocycles. The second kappa shape index (κ2) is 6.58. The fourth-order valence-electron chi connectivity index (χ4n) is 2.64. The summed E-state index contributed by atoms with van der Waals surface area (Å²) in [5.41, 5.74) is 0. The van der Waals surface area contributed by atoms with Crippen molar-refractivity contribution in [2.75, 3.05) is 27.2 Å². The molecular weight excluding hydrogens is 200 g/mol. The van der Waals surface area contributed by atoms with Crippen LogP contribution in [0.15, 0.2) is 0 Å². The van der Waals surface area contributed by atoms with Gasteiger partial charge in [0.25, 0.3) is 0 Å². The summed E-state index contributed by atoms with van der Waals surface area (Å²) in [7, 11) is 3.99. The number of aliphatic hydroxyl groups is 1. The molecule has 1 saturated carbocycles. The van der Waals surface area contributed by atoms with Crippen molar-refractivity contribution < 1.29 is 5.11 Å². The Morgan fingerprint density at radius 1 is 1.31 bits per heavy atom. The average Bonchev–Trinajstić information content (AvgIpc) is 2.19. The van der Waals surface area contributed by atoms with Crippen LogP contribution in [-0.4, -0.2) is 49.3 Å². The third-order valence-electron chi connectivity index (χ3n) is 3.90. The maximum Gasteiger partial charge on any atom is 0.0791 e. The zero-order valence-corrected chi connectivity index (χ0v) is 11.2. The van der Waals surface area contributed by atoms with E-state index in [1.165, 1.54) is 19.3 Å². The molecule has 2 N–H and O–H groups in total. The van der Waals surface area contributed by atoms with Crippen molar-refractivity contribution in [3.05, 3.63) is 0 Å². The van der Waals surface area contributed by atoms with E-state index in [4.69, 9.17) is 0 Å². The van der Waals surface area contributed by atoms with Gasteiger partial charge >= 0.3 is 0 Å². The predicted octanol–water partition coefficient (Wildman–Crippen LogP) is 1.32. The molecule has 1 rings (SSSR count). The van der Waals surface area contributed by atoms with Crippen LogP contribution in [0, 0.1) is 11.8 Å². The molecular formula is C13H28N2O. The quantitative estimate of drug-likeness (QED) is 0.745. The molecule has 3 heteroatoms. The molecule has 0 aliphatic heterocycles. The van der Waals surface area contributed by atoms with Crippen LogP contribution in [0.25, 0.3) is 0 Å². The van der Waals surface area contributed by atoms with Gasteiger partial charge in [0.05, 0.1) is 6.10 Å². The fraction of sp³-hybridized carbons (Fsp3) is 1.00. The predicted molar refractivity (Wildman–Crippen MR) is 68.5 cm³/mol. The highest BCUT2D eigenvalue weighted by molar-refractivity contribution is 4.83. The van der Waals surface area contributed by atoms with Crippen LogP contribution < -0.4 is 5.32 Å². The molecule has 96 valence electrons. The highest BCUT2D eigenvalue weighted by Gasteiger charge is 2.26. The fourth-order valence-corrected chi connectivity index (χ4v) is 2.64. The molecule has 1 aliphatic rings. The van der Waals surface area contributed by atoms with E-state index < -0.39 is 0 Å². The van der Waals surface area contributed by atoms with Gasteiger partial charge in [0.1, 0.15) is 0 Å². The lowest BCUT2D eigenvalue weighted by Gasteiger charge is -2.35. The summed E-state index contributed by atoms with van der Waals surface area (Å²) in [6, 6.07) is 0.598. The first-order valence-corrected chi connectivity index (χ1v) is 6.57. The summed E-state index contributed by atoms with van der Waals surface area (Å²) < 4.78 is 0. The molecule has 0 amide bonds. The lowest BCUT2D eigenvalue weighted by Crippen LogP contribution is -2.45. The molecule has 0 bridgehead atoms. The minimum Gasteiger partial charge on any atom is -0.390 e. The average molecular weight is 228 g/mol. The maximum absolute atomic E-state index is 9.80. The Morgan fingerprint density at radius 3 is 2.62 bits per heavy atom. The van der Waals surface area contributed by atoms with Crippen LogP contribution in [0.2, 0.25) is 0 Å². The third kappa shape index (κ3) is 4.40. The molecule has 0 aromatic rings. The van der Waals surface area contributed by atoms with Crippen LogP contribution >= 0.6 is 0 Å². The van der Waals surface area contributed by atoms with Crippen LogP contribution in [0.1, 0.15) is 33.1 Å². The van der Waals surface area contributed by atoms with Crippen LogP contribution in [0.5, 0.6) is 0 Å². The smallest absolute Gasteiger partial charge is 0.0791 e. The minimum atomic E-state index is -0.251. The molecule has 3 nitrogen and oxygen atoms in total. The molecule has 0 radical (unpaired) electrons. The first-order valence-electron chi connectivity index (χ1n) is 6.57. The Balaban J connectivity index is 2.25. The lowest BCUT2D eigenvalue weighted by atomic mass is 9.78. The summed E-state index contributed by atoms with van der Waals surface area (Å²) in [5.74, 6) is 1.55. The number of nitrogens with zero attached hydrogens (tertiary/aromatic N) is 1.